The van der Waals surface area contributed by atoms with Crippen LogP contribution in [-0.2, 0) is 16.0 Å². The monoisotopic (exact) mass is 473 g/mol. The lowest BCUT2D eigenvalue weighted by Gasteiger charge is -2.06. The van der Waals surface area contributed by atoms with Crippen LogP contribution in [0.25, 0.3) is 10.8 Å². The number of amides is 2. The van der Waals surface area contributed by atoms with E-state index in [1.54, 1.807) is 30.3 Å². The highest BCUT2D eigenvalue weighted by Crippen LogP contribution is 2.22. The number of thioether (sulfide) groups is 1. The topological polar surface area (TPSA) is 104 Å². The van der Waals surface area contributed by atoms with Crippen molar-refractivity contribution in [3.63, 3.8) is 0 Å². The lowest BCUT2D eigenvalue weighted by molar-refractivity contribution is -0.121. The second-order valence-electron chi connectivity index (χ2n) is 7.48. The van der Waals surface area contributed by atoms with Gasteiger partial charge in [-0.25, -0.2) is 5.43 Å². The fraction of sp³-hybridized carbons (Fsp3) is 0.115. The fourth-order valence-electron chi connectivity index (χ4n) is 3.28. The number of para-hydroxylation sites is 1. The Morgan fingerprint density at radius 2 is 1.74 bits per heavy atom. The minimum absolute atomic E-state index is 0.136. The van der Waals surface area contributed by atoms with Crippen molar-refractivity contribution in [1.82, 2.24) is 5.43 Å². The summed E-state index contributed by atoms with van der Waals surface area (Å²) in [6.07, 6.45) is 2.01. The molecule has 0 bridgehead atoms. The Bertz CT molecular complexity index is 1330. The molecule has 8 heteroatoms. The molecular weight excluding hydrogens is 450 g/mol. The van der Waals surface area contributed by atoms with Gasteiger partial charge in [-0.15, -0.1) is 0 Å². The number of phenolic OH excluding ortho intramolecular Hbond substituents is 1. The molecule has 0 aliphatic carbocycles. The molecule has 0 unspecified atom stereocenters. The van der Waals surface area contributed by atoms with E-state index in [2.05, 4.69) is 15.8 Å². The van der Waals surface area contributed by atoms with E-state index >= 15 is 0 Å². The molecule has 7 nitrogen and oxygen atoms in total. The zero-order chi connectivity index (χ0) is 23.8. The molecule has 0 aliphatic heterocycles. The Kier molecular flexibility index (Phi) is 7.62. The third kappa shape index (κ3) is 6.49. The number of nitrogens with zero attached hydrogens (tertiary/aromatic N) is 1. The zero-order valence-corrected chi connectivity index (χ0v) is 19.0. The molecule has 0 atom stereocenters. The van der Waals surface area contributed by atoms with Crippen molar-refractivity contribution in [2.75, 3.05) is 11.1 Å². The zero-order valence-electron chi connectivity index (χ0n) is 18.2. The van der Waals surface area contributed by atoms with Crippen LogP contribution in [-0.4, -0.2) is 28.9 Å². The maximum Gasteiger partial charge on any atom is 0.240 e. The van der Waals surface area contributed by atoms with Crippen LogP contribution in [0.15, 0.2) is 93.5 Å². The number of rotatable bonds is 9. The number of aryl methyl sites for hydroxylation is 1. The second-order valence-corrected chi connectivity index (χ2v) is 8.46. The Morgan fingerprint density at radius 3 is 2.59 bits per heavy atom. The standard InChI is InChI=1S/C26H23N3O4S/c30-23-8-4-3-6-19(23)10-13-24(31)29-27-16-22-12-14-26(33-22)34-17-25(32)28-21-11-9-18-5-1-2-7-20(18)15-21/h1-9,11-12,14-16,30H,10,13,17H2,(H,28,32)(H,29,31)/b27-16+. The number of nitrogens with one attached hydrogen (secondary N) is 2. The Labute approximate surface area is 200 Å². The summed E-state index contributed by atoms with van der Waals surface area (Å²) in [5.74, 6) is 0.415. The molecule has 4 rings (SSSR count). The highest BCUT2D eigenvalue weighted by atomic mass is 32.2. The first-order valence-electron chi connectivity index (χ1n) is 10.7. The van der Waals surface area contributed by atoms with Crippen molar-refractivity contribution >= 4 is 46.3 Å². The summed E-state index contributed by atoms with van der Waals surface area (Å²) >= 11 is 1.27. The molecular formula is C26H23N3O4S. The summed E-state index contributed by atoms with van der Waals surface area (Å²) in [5.41, 5.74) is 3.89. The van der Waals surface area contributed by atoms with E-state index in [4.69, 9.17) is 4.42 Å². The third-order valence-electron chi connectivity index (χ3n) is 4.97. The summed E-state index contributed by atoms with van der Waals surface area (Å²) in [5, 5.41) is 19.3. The van der Waals surface area contributed by atoms with Gasteiger partial charge in [0, 0.05) is 12.1 Å². The number of hydrogen-bond donors (Lipinski definition) is 3. The van der Waals surface area contributed by atoms with E-state index in [0.717, 1.165) is 16.5 Å². The average Bonchev–Trinajstić information content (AvgIpc) is 3.30. The summed E-state index contributed by atoms with van der Waals surface area (Å²) in [7, 11) is 0. The first-order chi connectivity index (χ1) is 16.6. The smallest absolute Gasteiger partial charge is 0.240 e. The summed E-state index contributed by atoms with van der Waals surface area (Å²) in [6, 6.07) is 24.1. The first-order valence-corrected chi connectivity index (χ1v) is 11.7. The normalized spacial score (nSPS) is 11.1. The van der Waals surface area contributed by atoms with E-state index in [0.29, 0.717) is 22.8 Å². The largest absolute Gasteiger partial charge is 0.508 e. The molecule has 0 radical (unpaired) electrons. The molecule has 172 valence electrons. The predicted octanol–water partition coefficient (Wildman–Crippen LogP) is 4.95. The number of hydrogen-bond acceptors (Lipinski definition) is 6. The van der Waals surface area contributed by atoms with Gasteiger partial charge in [-0.2, -0.15) is 5.10 Å². The highest BCUT2D eigenvalue weighted by molar-refractivity contribution is 7.99. The van der Waals surface area contributed by atoms with Crippen molar-refractivity contribution < 1.29 is 19.1 Å². The molecule has 0 saturated carbocycles. The molecule has 0 spiro atoms. The second kappa shape index (κ2) is 11.2. The Balaban J connectivity index is 1.20. The number of aromatic hydroxyl groups is 1. The number of carbonyl (C=O) groups excluding carboxylic acids is 2. The number of fused-ring (bicyclic) bond motifs is 1. The fourth-order valence-corrected chi connectivity index (χ4v) is 3.94. The van der Waals surface area contributed by atoms with Crippen LogP contribution < -0.4 is 10.7 Å². The van der Waals surface area contributed by atoms with Gasteiger partial charge >= 0.3 is 0 Å². The molecule has 1 aromatic heterocycles. The van der Waals surface area contributed by atoms with Crippen molar-refractivity contribution in [3.05, 3.63) is 90.2 Å². The molecule has 0 fully saturated rings. The van der Waals surface area contributed by atoms with Gasteiger partial charge in [0.05, 0.1) is 12.0 Å². The quantitative estimate of drug-likeness (QED) is 0.181. The number of anilines is 1. The Hall–Kier alpha value is -4.04. The first kappa shape index (κ1) is 23.1. The number of furan rings is 1. The van der Waals surface area contributed by atoms with Gasteiger partial charge in [0.2, 0.25) is 11.8 Å². The molecule has 1 heterocycles. The summed E-state index contributed by atoms with van der Waals surface area (Å²) in [4.78, 5) is 24.2. The van der Waals surface area contributed by atoms with Gasteiger partial charge in [-0.05, 0) is 53.1 Å². The number of carbonyl (C=O) groups is 2. The molecule has 34 heavy (non-hydrogen) atoms. The van der Waals surface area contributed by atoms with Crippen LogP contribution in [0.4, 0.5) is 5.69 Å². The maximum absolute atomic E-state index is 12.3. The van der Waals surface area contributed by atoms with Crippen LogP contribution in [0.1, 0.15) is 17.7 Å². The van der Waals surface area contributed by atoms with Gasteiger partial charge in [0.1, 0.15) is 11.5 Å². The average molecular weight is 474 g/mol. The van der Waals surface area contributed by atoms with Gasteiger partial charge in [0.25, 0.3) is 0 Å². The minimum Gasteiger partial charge on any atom is -0.508 e. The number of phenols is 1. The van der Waals surface area contributed by atoms with Gasteiger partial charge in [-0.1, -0.05) is 60.3 Å². The summed E-state index contributed by atoms with van der Waals surface area (Å²) < 4.78 is 5.62. The summed E-state index contributed by atoms with van der Waals surface area (Å²) in [6.45, 7) is 0. The van der Waals surface area contributed by atoms with Crippen LogP contribution in [0, 0.1) is 0 Å². The molecule has 3 aromatic carbocycles. The Morgan fingerprint density at radius 1 is 0.941 bits per heavy atom. The van der Waals surface area contributed by atoms with Crippen LogP contribution in [0.5, 0.6) is 5.75 Å². The third-order valence-corrected chi connectivity index (χ3v) is 5.89. The van der Waals surface area contributed by atoms with Gasteiger partial charge in [0.15, 0.2) is 5.09 Å². The highest BCUT2D eigenvalue weighted by Gasteiger charge is 2.08. The molecule has 3 N–H and O–H groups in total. The van der Waals surface area contributed by atoms with Crippen LogP contribution in [0.2, 0.25) is 0 Å². The molecule has 0 aliphatic rings. The van der Waals surface area contributed by atoms with E-state index in [1.807, 2.05) is 48.5 Å². The van der Waals surface area contributed by atoms with Gasteiger partial charge in [-0.3, -0.25) is 9.59 Å². The minimum atomic E-state index is -0.272. The molecule has 2 amide bonds. The van der Waals surface area contributed by atoms with E-state index in [-0.39, 0.29) is 29.7 Å². The van der Waals surface area contributed by atoms with E-state index in [1.165, 1.54) is 18.0 Å². The van der Waals surface area contributed by atoms with Crippen molar-refractivity contribution in [2.45, 2.75) is 17.9 Å². The van der Waals surface area contributed by atoms with Crippen molar-refractivity contribution in [3.8, 4) is 5.75 Å². The van der Waals surface area contributed by atoms with E-state index in [9.17, 15) is 14.7 Å². The van der Waals surface area contributed by atoms with Crippen molar-refractivity contribution in [2.24, 2.45) is 5.10 Å². The van der Waals surface area contributed by atoms with Crippen molar-refractivity contribution in [1.29, 1.82) is 0 Å². The maximum atomic E-state index is 12.3. The van der Waals surface area contributed by atoms with E-state index < -0.39 is 0 Å². The number of benzene rings is 3. The van der Waals surface area contributed by atoms with Crippen LogP contribution >= 0.6 is 11.8 Å². The van der Waals surface area contributed by atoms with Crippen LogP contribution in [0.3, 0.4) is 0 Å². The predicted molar refractivity (Wildman–Crippen MR) is 134 cm³/mol. The number of hydrazone groups is 1. The molecule has 4 aromatic rings. The van der Waals surface area contributed by atoms with Gasteiger partial charge < -0.3 is 14.8 Å². The SMILES string of the molecule is O=C(CCc1ccccc1O)N/N=C/c1ccc(SCC(=O)Nc2ccc3ccccc3c2)o1. The lowest BCUT2D eigenvalue weighted by atomic mass is 10.1. The lowest BCUT2D eigenvalue weighted by Crippen LogP contribution is -2.17. The molecule has 0 saturated heterocycles.